The molecule has 1 N–H and O–H groups in total. The van der Waals surface area contributed by atoms with Crippen molar-refractivity contribution in [2.75, 3.05) is 18.4 Å². The maximum Gasteiger partial charge on any atom is 0.410 e. The molecule has 6 heteroatoms. The first-order valence-corrected chi connectivity index (χ1v) is 7.93. The second-order valence-corrected chi connectivity index (χ2v) is 7.05. The zero-order valence-electron chi connectivity index (χ0n) is 14.3. The molecular formula is C17H25N3O3. The van der Waals surface area contributed by atoms with E-state index < -0.39 is 5.60 Å². The third-order valence-corrected chi connectivity index (χ3v) is 3.59. The molecule has 1 unspecified atom stereocenters. The van der Waals surface area contributed by atoms with Crippen LogP contribution in [0.15, 0.2) is 18.3 Å². The van der Waals surface area contributed by atoms with Crippen LogP contribution < -0.4 is 5.32 Å². The molecule has 0 aromatic carbocycles. The van der Waals surface area contributed by atoms with Crippen LogP contribution in [0, 0.1) is 12.8 Å². The predicted octanol–water partition coefficient (Wildman–Crippen LogP) is 2.98. The number of pyridine rings is 1. The Labute approximate surface area is 137 Å². The standard InChI is InChI=1S/C17H25N3O3/c1-12-5-7-18-14(9-12)19-15(21)10-13-6-8-20(11-13)16(22)23-17(2,3)4/h5,7,9,13H,6,8,10-11H2,1-4H3,(H,18,19,21). The summed E-state index contributed by atoms with van der Waals surface area (Å²) in [4.78, 5) is 29.9. The molecule has 0 aliphatic carbocycles. The van der Waals surface area contributed by atoms with Crippen LogP contribution in [0.2, 0.25) is 0 Å². The molecule has 23 heavy (non-hydrogen) atoms. The molecule has 2 amide bonds. The number of aryl methyl sites for hydroxylation is 1. The summed E-state index contributed by atoms with van der Waals surface area (Å²) in [7, 11) is 0. The van der Waals surface area contributed by atoms with Gasteiger partial charge in [-0.05, 0) is 57.7 Å². The van der Waals surface area contributed by atoms with Gasteiger partial charge in [-0.1, -0.05) is 0 Å². The molecule has 1 aromatic heterocycles. The first-order valence-electron chi connectivity index (χ1n) is 7.93. The van der Waals surface area contributed by atoms with E-state index in [0.29, 0.717) is 25.3 Å². The van der Waals surface area contributed by atoms with Crippen LogP contribution in [-0.2, 0) is 9.53 Å². The van der Waals surface area contributed by atoms with Gasteiger partial charge in [0, 0.05) is 25.7 Å². The highest BCUT2D eigenvalue weighted by Gasteiger charge is 2.30. The normalized spacial score (nSPS) is 17.9. The van der Waals surface area contributed by atoms with Crippen LogP contribution in [0.3, 0.4) is 0 Å². The van der Waals surface area contributed by atoms with E-state index in [9.17, 15) is 9.59 Å². The summed E-state index contributed by atoms with van der Waals surface area (Å²) in [6, 6.07) is 3.71. The van der Waals surface area contributed by atoms with Crippen molar-refractivity contribution in [1.29, 1.82) is 0 Å². The highest BCUT2D eigenvalue weighted by molar-refractivity contribution is 5.90. The lowest BCUT2D eigenvalue weighted by atomic mass is 10.0. The third kappa shape index (κ3) is 5.54. The zero-order valence-corrected chi connectivity index (χ0v) is 14.3. The minimum atomic E-state index is -0.497. The van der Waals surface area contributed by atoms with Gasteiger partial charge in [0.05, 0.1) is 0 Å². The van der Waals surface area contributed by atoms with Crippen molar-refractivity contribution in [1.82, 2.24) is 9.88 Å². The van der Waals surface area contributed by atoms with E-state index in [4.69, 9.17) is 4.74 Å². The summed E-state index contributed by atoms with van der Waals surface area (Å²) in [5.41, 5.74) is 0.552. The molecule has 0 spiro atoms. The van der Waals surface area contributed by atoms with Gasteiger partial charge in [0.1, 0.15) is 11.4 Å². The van der Waals surface area contributed by atoms with Gasteiger partial charge >= 0.3 is 6.09 Å². The number of nitrogens with zero attached hydrogens (tertiary/aromatic N) is 2. The summed E-state index contributed by atoms with van der Waals surface area (Å²) in [5, 5.41) is 2.81. The highest BCUT2D eigenvalue weighted by Crippen LogP contribution is 2.22. The molecule has 1 saturated heterocycles. The number of aromatic nitrogens is 1. The number of ether oxygens (including phenoxy) is 1. The molecule has 1 aromatic rings. The van der Waals surface area contributed by atoms with E-state index in [1.54, 1.807) is 11.1 Å². The minimum Gasteiger partial charge on any atom is -0.444 e. The minimum absolute atomic E-state index is 0.0702. The molecular weight excluding hydrogens is 294 g/mol. The molecule has 0 saturated carbocycles. The van der Waals surface area contributed by atoms with Crippen LogP contribution in [0.25, 0.3) is 0 Å². The Kier molecular flexibility index (Phi) is 5.23. The van der Waals surface area contributed by atoms with E-state index in [0.717, 1.165) is 12.0 Å². The predicted molar refractivity (Wildman–Crippen MR) is 88.1 cm³/mol. The molecule has 126 valence electrons. The average molecular weight is 319 g/mol. The molecule has 0 radical (unpaired) electrons. The van der Waals surface area contributed by atoms with Crippen molar-refractivity contribution in [3.63, 3.8) is 0 Å². The number of rotatable bonds is 3. The van der Waals surface area contributed by atoms with Gasteiger partial charge in [0.15, 0.2) is 0 Å². The van der Waals surface area contributed by atoms with E-state index >= 15 is 0 Å². The van der Waals surface area contributed by atoms with Gasteiger partial charge < -0.3 is 15.0 Å². The maximum absolute atomic E-state index is 12.1. The number of amides is 2. The van der Waals surface area contributed by atoms with Crippen molar-refractivity contribution in [2.45, 2.75) is 46.1 Å². The Hall–Kier alpha value is -2.11. The van der Waals surface area contributed by atoms with Gasteiger partial charge in [-0.3, -0.25) is 4.79 Å². The molecule has 1 aliphatic rings. The molecule has 1 aliphatic heterocycles. The van der Waals surface area contributed by atoms with Crippen molar-refractivity contribution < 1.29 is 14.3 Å². The second kappa shape index (κ2) is 6.98. The van der Waals surface area contributed by atoms with Gasteiger partial charge in [-0.2, -0.15) is 0 Å². The van der Waals surface area contributed by atoms with E-state index in [2.05, 4.69) is 10.3 Å². The molecule has 2 heterocycles. The SMILES string of the molecule is Cc1ccnc(NC(=O)CC2CCN(C(=O)OC(C)(C)C)C2)c1. The van der Waals surface area contributed by atoms with E-state index in [-0.39, 0.29) is 17.9 Å². The summed E-state index contributed by atoms with van der Waals surface area (Å²) < 4.78 is 5.36. The van der Waals surface area contributed by atoms with Crippen LogP contribution in [-0.4, -0.2) is 40.6 Å². The van der Waals surface area contributed by atoms with Crippen molar-refractivity contribution in [2.24, 2.45) is 5.92 Å². The fourth-order valence-electron chi connectivity index (χ4n) is 2.55. The molecule has 1 fully saturated rings. The summed E-state index contributed by atoms with van der Waals surface area (Å²) in [6.07, 6.45) is 2.56. The van der Waals surface area contributed by atoms with Crippen LogP contribution in [0.4, 0.5) is 10.6 Å². The molecule has 1 atom stereocenters. The highest BCUT2D eigenvalue weighted by atomic mass is 16.6. The fourth-order valence-corrected chi connectivity index (χ4v) is 2.55. The first kappa shape index (κ1) is 17.2. The fraction of sp³-hybridized carbons (Fsp3) is 0.588. The lowest BCUT2D eigenvalue weighted by Crippen LogP contribution is -2.35. The summed E-state index contributed by atoms with van der Waals surface area (Å²) in [5.74, 6) is 0.656. The average Bonchev–Trinajstić information content (AvgIpc) is 2.85. The quantitative estimate of drug-likeness (QED) is 0.929. The Morgan fingerprint density at radius 3 is 2.83 bits per heavy atom. The first-order chi connectivity index (χ1) is 10.7. The Balaban J connectivity index is 1.81. The Morgan fingerprint density at radius 2 is 2.17 bits per heavy atom. The number of carbonyl (C=O) groups is 2. The van der Waals surface area contributed by atoms with Gasteiger partial charge in [-0.25, -0.2) is 9.78 Å². The van der Waals surface area contributed by atoms with Crippen molar-refractivity contribution in [3.05, 3.63) is 23.9 Å². The lowest BCUT2D eigenvalue weighted by Gasteiger charge is -2.24. The topological polar surface area (TPSA) is 71.5 Å². The third-order valence-electron chi connectivity index (χ3n) is 3.59. The zero-order chi connectivity index (χ0) is 17.0. The monoisotopic (exact) mass is 319 g/mol. The smallest absolute Gasteiger partial charge is 0.410 e. The summed E-state index contributed by atoms with van der Waals surface area (Å²) >= 11 is 0. The molecule has 2 rings (SSSR count). The number of nitrogens with one attached hydrogen (secondary N) is 1. The van der Waals surface area contributed by atoms with Crippen molar-refractivity contribution >= 4 is 17.8 Å². The maximum atomic E-state index is 12.1. The lowest BCUT2D eigenvalue weighted by molar-refractivity contribution is -0.117. The van der Waals surface area contributed by atoms with Gasteiger partial charge in [0.25, 0.3) is 0 Å². The van der Waals surface area contributed by atoms with Crippen LogP contribution >= 0.6 is 0 Å². The summed E-state index contributed by atoms with van der Waals surface area (Å²) in [6.45, 7) is 8.69. The van der Waals surface area contributed by atoms with E-state index in [1.807, 2.05) is 39.8 Å². The van der Waals surface area contributed by atoms with Crippen LogP contribution in [0.5, 0.6) is 0 Å². The molecule has 6 nitrogen and oxygen atoms in total. The second-order valence-electron chi connectivity index (χ2n) is 7.05. The number of hydrogen-bond acceptors (Lipinski definition) is 4. The number of likely N-dealkylation sites (tertiary alicyclic amines) is 1. The van der Waals surface area contributed by atoms with Gasteiger partial charge in [-0.15, -0.1) is 0 Å². The Bertz CT molecular complexity index is 581. The van der Waals surface area contributed by atoms with Crippen LogP contribution in [0.1, 0.15) is 39.2 Å². The number of carbonyl (C=O) groups excluding carboxylic acids is 2. The number of anilines is 1. The van der Waals surface area contributed by atoms with Gasteiger partial charge in [0.2, 0.25) is 5.91 Å². The van der Waals surface area contributed by atoms with E-state index in [1.165, 1.54) is 0 Å². The largest absolute Gasteiger partial charge is 0.444 e. The van der Waals surface area contributed by atoms with Crippen molar-refractivity contribution in [3.8, 4) is 0 Å². The molecule has 0 bridgehead atoms. The number of hydrogen-bond donors (Lipinski definition) is 1. The Morgan fingerprint density at radius 1 is 1.43 bits per heavy atom.